The van der Waals surface area contributed by atoms with Gasteiger partial charge in [-0.25, -0.2) is 0 Å². The maximum atomic E-state index is 10.2. The molecule has 0 spiro atoms. The Hall–Kier alpha value is -0.770. The second-order valence-corrected chi connectivity index (χ2v) is 2.44. The van der Waals surface area contributed by atoms with Crippen LogP contribution in [0.1, 0.15) is 12.8 Å². The highest BCUT2D eigenvalue weighted by Crippen LogP contribution is 2.07. The molecule has 2 N–H and O–H groups in total. The minimum atomic E-state index is -1.31. The van der Waals surface area contributed by atoms with Gasteiger partial charge >= 0.3 is 11.9 Å². The molecule has 0 saturated heterocycles. The van der Waals surface area contributed by atoms with Crippen molar-refractivity contribution in [2.45, 2.75) is 12.8 Å². The molecule has 0 aliphatic rings. The summed E-state index contributed by atoms with van der Waals surface area (Å²) >= 11 is 5.27. The van der Waals surface area contributed by atoms with Crippen molar-refractivity contribution in [2.24, 2.45) is 5.92 Å². The quantitative estimate of drug-likeness (QED) is 0.485. The lowest BCUT2D eigenvalue weighted by atomic mass is 10.1. The van der Waals surface area contributed by atoms with E-state index in [9.17, 15) is 9.59 Å². The summed E-state index contributed by atoms with van der Waals surface area (Å²) in [5.74, 6) is -3.63. The predicted molar refractivity (Wildman–Crippen MR) is 38.7 cm³/mol. The zero-order valence-electron chi connectivity index (χ0n) is 5.79. The molecule has 0 bridgehead atoms. The fourth-order valence-electron chi connectivity index (χ4n) is 0.634. The van der Waals surface area contributed by atoms with Gasteiger partial charge in [-0.2, -0.15) is 0 Å². The van der Waals surface area contributed by atoms with Crippen LogP contribution in [0.25, 0.3) is 0 Å². The monoisotopic (exact) mass is 180 g/mol. The third kappa shape index (κ3) is 3.83. The van der Waals surface area contributed by atoms with E-state index in [0.29, 0.717) is 6.42 Å². The molecule has 0 aromatic heterocycles. The van der Waals surface area contributed by atoms with E-state index in [0.717, 1.165) is 0 Å². The third-order valence-corrected chi connectivity index (χ3v) is 1.49. The van der Waals surface area contributed by atoms with Crippen molar-refractivity contribution in [1.29, 1.82) is 0 Å². The van der Waals surface area contributed by atoms with Gasteiger partial charge in [0.2, 0.25) is 0 Å². The molecule has 0 unspecified atom stereocenters. The van der Waals surface area contributed by atoms with Crippen LogP contribution < -0.4 is 0 Å². The van der Waals surface area contributed by atoms with Gasteiger partial charge in [-0.05, 0) is 12.8 Å². The molecule has 0 aromatic rings. The van der Waals surface area contributed by atoms with Crippen LogP contribution in [0.2, 0.25) is 0 Å². The molecule has 0 saturated carbocycles. The van der Waals surface area contributed by atoms with Crippen molar-refractivity contribution in [1.82, 2.24) is 0 Å². The SMILES string of the molecule is O=C(O)C(CCCCl)C(=O)O. The molecular weight excluding hydrogens is 172 g/mol. The molecule has 0 aliphatic heterocycles. The Morgan fingerprint density at radius 2 is 1.73 bits per heavy atom. The number of rotatable bonds is 5. The number of aliphatic carboxylic acids is 2. The Kier molecular flexibility index (Phi) is 4.61. The van der Waals surface area contributed by atoms with Crippen molar-refractivity contribution in [3.63, 3.8) is 0 Å². The molecule has 0 heterocycles. The van der Waals surface area contributed by atoms with Crippen LogP contribution in [0.3, 0.4) is 0 Å². The lowest BCUT2D eigenvalue weighted by Gasteiger charge is -2.03. The van der Waals surface area contributed by atoms with Crippen molar-refractivity contribution in [2.75, 3.05) is 5.88 Å². The van der Waals surface area contributed by atoms with Gasteiger partial charge in [0.25, 0.3) is 0 Å². The van der Waals surface area contributed by atoms with Crippen LogP contribution in [0.15, 0.2) is 0 Å². The Bertz CT molecular complexity index is 143. The first-order chi connectivity index (χ1) is 5.09. The van der Waals surface area contributed by atoms with Gasteiger partial charge in [0.05, 0.1) is 0 Å². The third-order valence-electron chi connectivity index (χ3n) is 1.22. The van der Waals surface area contributed by atoms with E-state index < -0.39 is 17.9 Å². The Morgan fingerprint density at radius 1 is 1.27 bits per heavy atom. The van der Waals surface area contributed by atoms with Crippen LogP contribution >= 0.6 is 11.6 Å². The summed E-state index contributed by atoms with van der Waals surface area (Å²) in [7, 11) is 0. The van der Waals surface area contributed by atoms with Gasteiger partial charge in [-0.1, -0.05) is 0 Å². The van der Waals surface area contributed by atoms with Crippen LogP contribution in [-0.4, -0.2) is 28.0 Å². The van der Waals surface area contributed by atoms with Gasteiger partial charge in [0.15, 0.2) is 5.92 Å². The first-order valence-electron chi connectivity index (χ1n) is 3.11. The molecule has 5 heteroatoms. The summed E-state index contributed by atoms with van der Waals surface area (Å²) in [5.41, 5.74) is 0. The average Bonchev–Trinajstić information content (AvgIpc) is 1.87. The molecular formula is C6H9ClO4. The summed E-state index contributed by atoms with van der Waals surface area (Å²) in [6.07, 6.45) is 0.499. The molecule has 0 fully saturated rings. The Labute approximate surface area is 68.8 Å². The summed E-state index contributed by atoms with van der Waals surface area (Å²) in [6, 6.07) is 0. The van der Waals surface area contributed by atoms with Crippen molar-refractivity contribution in [3.8, 4) is 0 Å². The van der Waals surface area contributed by atoms with E-state index in [1.807, 2.05) is 0 Å². The molecule has 0 aliphatic carbocycles. The van der Waals surface area contributed by atoms with Crippen molar-refractivity contribution in [3.05, 3.63) is 0 Å². The fourth-order valence-corrected chi connectivity index (χ4v) is 0.788. The minimum Gasteiger partial charge on any atom is -0.481 e. The molecule has 4 nitrogen and oxygen atoms in total. The molecule has 0 radical (unpaired) electrons. The van der Waals surface area contributed by atoms with Crippen LogP contribution in [0, 0.1) is 5.92 Å². The number of alkyl halides is 1. The second kappa shape index (κ2) is 4.96. The topological polar surface area (TPSA) is 74.6 Å². The summed E-state index contributed by atoms with van der Waals surface area (Å²) in [6.45, 7) is 0. The number of carboxylic acid groups (broad SMARTS) is 2. The Morgan fingerprint density at radius 3 is 2.00 bits per heavy atom. The zero-order chi connectivity index (χ0) is 8.85. The first-order valence-corrected chi connectivity index (χ1v) is 3.64. The maximum Gasteiger partial charge on any atom is 0.317 e. The van der Waals surface area contributed by atoms with Crippen molar-refractivity contribution < 1.29 is 19.8 Å². The number of carboxylic acids is 2. The molecule has 0 rings (SSSR count). The van der Waals surface area contributed by atoms with Gasteiger partial charge in [0, 0.05) is 5.88 Å². The van der Waals surface area contributed by atoms with E-state index in [1.54, 1.807) is 0 Å². The highest BCUT2D eigenvalue weighted by Gasteiger charge is 2.24. The van der Waals surface area contributed by atoms with E-state index in [2.05, 4.69) is 0 Å². The van der Waals surface area contributed by atoms with Gasteiger partial charge in [-0.15, -0.1) is 11.6 Å². The lowest BCUT2D eigenvalue weighted by molar-refractivity contribution is -0.154. The smallest absolute Gasteiger partial charge is 0.317 e. The minimum absolute atomic E-state index is 0.0914. The Balaban J connectivity index is 3.90. The normalized spacial score (nSPS) is 10.0. The maximum absolute atomic E-state index is 10.2. The predicted octanol–water partition coefficient (Wildman–Crippen LogP) is 0.791. The molecule has 11 heavy (non-hydrogen) atoms. The summed E-state index contributed by atoms with van der Waals surface area (Å²) < 4.78 is 0. The second-order valence-electron chi connectivity index (χ2n) is 2.06. The molecule has 0 aromatic carbocycles. The molecule has 64 valence electrons. The van der Waals surface area contributed by atoms with E-state index in [-0.39, 0.29) is 12.3 Å². The fraction of sp³-hybridized carbons (Fsp3) is 0.667. The van der Waals surface area contributed by atoms with Gasteiger partial charge in [0.1, 0.15) is 0 Å². The standard InChI is InChI=1S/C6H9ClO4/c7-3-1-2-4(5(8)9)6(10)11/h4H,1-3H2,(H,8,9)(H,10,11). The number of halogens is 1. The van der Waals surface area contributed by atoms with Crippen LogP contribution in [0.5, 0.6) is 0 Å². The molecule has 0 atom stereocenters. The largest absolute Gasteiger partial charge is 0.481 e. The average molecular weight is 181 g/mol. The summed E-state index contributed by atoms with van der Waals surface area (Å²) in [4.78, 5) is 20.4. The van der Waals surface area contributed by atoms with E-state index in [1.165, 1.54) is 0 Å². The van der Waals surface area contributed by atoms with Crippen LogP contribution in [-0.2, 0) is 9.59 Å². The summed E-state index contributed by atoms with van der Waals surface area (Å²) in [5, 5.41) is 16.7. The van der Waals surface area contributed by atoms with Gasteiger partial charge in [-0.3, -0.25) is 9.59 Å². The first kappa shape index (κ1) is 10.2. The lowest BCUT2D eigenvalue weighted by Crippen LogP contribution is -2.23. The highest BCUT2D eigenvalue weighted by molar-refractivity contribution is 6.17. The zero-order valence-corrected chi connectivity index (χ0v) is 6.54. The number of carbonyl (C=O) groups is 2. The molecule has 0 amide bonds. The van der Waals surface area contributed by atoms with Gasteiger partial charge < -0.3 is 10.2 Å². The van der Waals surface area contributed by atoms with E-state index >= 15 is 0 Å². The van der Waals surface area contributed by atoms with Crippen LogP contribution in [0.4, 0.5) is 0 Å². The number of hydrogen-bond acceptors (Lipinski definition) is 2. The van der Waals surface area contributed by atoms with Crippen molar-refractivity contribution >= 4 is 23.5 Å². The number of hydrogen-bond donors (Lipinski definition) is 2. The highest BCUT2D eigenvalue weighted by atomic mass is 35.5. The van der Waals surface area contributed by atoms with E-state index in [4.69, 9.17) is 21.8 Å².